The number of methoxy groups -OCH3 is 1. The molecule has 2 aromatic heterocycles. The van der Waals surface area contributed by atoms with Gasteiger partial charge >= 0.3 is 6.01 Å². The highest BCUT2D eigenvalue weighted by atomic mass is 16.5. The summed E-state index contributed by atoms with van der Waals surface area (Å²) in [6, 6.07) is 0.211. The van der Waals surface area contributed by atoms with Crippen molar-refractivity contribution in [2.24, 2.45) is 0 Å². The average molecular weight is 354 g/mol. The Morgan fingerprint density at radius 2 is 1.73 bits per heavy atom. The molecule has 3 heterocycles. The number of anilines is 1. The maximum Gasteiger partial charge on any atom is 0.301 e. The molecule has 0 radical (unpaired) electrons. The third-order valence-electron chi connectivity index (χ3n) is 4.22. The lowest BCUT2D eigenvalue weighted by Gasteiger charge is -2.28. The van der Waals surface area contributed by atoms with Crippen LogP contribution >= 0.6 is 0 Å². The molecule has 0 saturated carbocycles. The Labute approximate surface area is 152 Å². The van der Waals surface area contributed by atoms with Crippen molar-refractivity contribution in [2.45, 2.75) is 26.9 Å². The van der Waals surface area contributed by atoms with Crippen LogP contribution in [0.25, 0.3) is 11.2 Å². The van der Waals surface area contributed by atoms with Crippen LogP contribution < -0.4 is 20.5 Å². The maximum absolute atomic E-state index is 13.1. The SMILES string of the molecule is CC#CCn1c(OC)nc2nc(N3CCNCC3)n(CC#CC)c2c1=O. The first-order valence-corrected chi connectivity index (χ1v) is 8.51. The largest absolute Gasteiger partial charge is 0.468 e. The van der Waals surface area contributed by atoms with Crippen molar-refractivity contribution in [1.29, 1.82) is 0 Å². The zero-order valence-corrected chi connectivity index (χ0v) is 15.3. The molecule has 0 atom stereocenters. The number of hydrogen-bond acceptors (Lipinski definition) is 6. The van der Waals surface area contributed by atoms with Crippen LogP contribution in [0.2, 0.25) is 0 Å². The monoisotopic (exact) mass is 354 g/mol. The van der Waals surface area contributed by atoms with Crippen LogP contribution in [0, 0.1) is 23.7 Å². The molecule has 1 aliphatic rings. The number of imidazole rings is 1. The Bertz CT molecular complexity index is 977. The Morgan fingerprint density at radius 3 is 2.35 bits per heavy atom. The Morgan fingerprint density at radius 1 is 1.08 bits per heavy atom. The fraction of sp³-hybridized carbons (Fsp3) is 0.500. The summed E-state index contributed by atoms with van der Waals surface area (Å²) in [6.07, 6.45) is 0. The molecule has 0 aliphatic carbocycles. The minimum absolute atomic E-state index is 0.211. The summed E-state index contributed by atoms with van der Waals surface area (Å²) in [6.45, 7) is 7.48. The quantitative estimate of drug-likeness (QED) is 0.783. The van der Waals surface area contributed by atoms with Gasteiger partial charge in [0.05, 0.1) is 20.2 Å². The number of fused-ring (bicyclic) bond motifs is 1. The third kappa shape index (κ3) is 3.24. The average Bonchev–Trinajstić information content (AvgIpc) is 3.04. The van der Waals surface area contributed by atoms with Crippen LogP contribution in [0.5, 0.6) is 6.01 Å². The molecule has 0 aromatic carbocycles. The van der Waals surface area contributed by atoms with Gasteiger partial charge in [-0.15, -0.1) is 11.8 Å². The number of aromatic nitrogens is 4. The lowest BCUT2D eigenvalue weighted by molar-refractivity contribution is 0.355. The van der Waals surface area contributed by atoms with Crippen molar-refractivity contribution in [3.63, 3.8) is 0 Å². The summed E-state index contributed by atoms with van der Waals surface area (Å²) < 4.78 is 8.57. The van der Waals surface area contributed by atoms with Crippen LogP contribution in [0.3, 0.4) is 0 Å². The molecule has 3 rings (SSSR count). The van der Waals surface area contributed by atoms with E-state index in [9.17, 15) is 4.79 Å². The van der Waals surface area contributed by atoms with E-state index in [0.717, 1.165) is 32.1 Å². The van der Waals surface area contributed by atoms with Gasteiger partial charge in [-0.1, -0.05) is 11.8 Å². The molecule has 0 bridgehead atoms. The number of hydrogen-bond donors (Lipinski definition) is 1. The van der Waals surface area contributed by atoms with Gasteiger partial charge in [-0.25, -0.2) is 4.57 Å². The fourth-order valence-corrected chi connectivity index (χ4v) is 2.95. The first-order chi connectivity index (χ1) is 12.7. The van der Waals surface area contributed by atoms with Crippen molar-refractivity contribution in [2.75, 3.05) is 38.2 Å². The van der Waals surface area contributed by atoms with E-state index in [2.05, 4.69) is 43.9 Å². The molecule has 8 heteroatoms. The van der Waals surface area contributed by atoms with E-state index in [-0.39, 0.29) is 18.1 Å². The second-order valence-corrected chi connectivity index (χ2v) is 5.75. The summed E-state index contributed by atoms with van der Waals surface area (Å²) >= 11 is 0. The lowest BCUT2D eigenvalue weighted by Crippen LogP contribution is -2.44. The molecular weight excluding hydrogens is 332 g/mol. The maximum atomic E-state index is 13.1. The number of rotatable bonds is 4. The second-order valence-electron chi connectivity index (χ2n) is 5.75. The summed E-state index contributed by atoms with van der Waals surface area (Å²) in [7, 11) is 1.49. The molecule has 0 amide bonds. The highest BCUT2D eigenvalue weighted by Crippen LogP contribution is 2.21. The lowest BCUT2D eigenvalue weighted by atomic mass is 10.4. The minimum atomic E-state index is -0.221. The zero-order valence-electron chi connectivity index (χ0n) is 15.3. The van der Waals surface area contributed by atoms with Gasteiger partial charge in [0.1, 0.15) is 0 Å². The van der Waals surface area contributed by atoms with Crippen LogP contribution in [0.15, 0.2) is 4.79 Å². The summed E-state index contributed by atoms with van der Waals surface area (Å²) in [5, 5.41) is 3.32. The van der Waals surface area contributed by atoms with Crippen LogP contribution in [-0.2, 0) is 13.1 Å². The predicted molar refractivity (Wildman–Crippen MR) is 100 cm³/mol. The molecule has 8 nitrogen and oxygen atoms in total. The van der Waals surface area contributed by atoms with Gasteiger partial charge in [-0.05, 0) is 13.8 Å². The molecule has 1 saturated heterocycles. The molecule has 136 valence electrons. The number of nitrogens with zero attached hydrogens (tertiary/aromatic N) is 5. The zero-order chi connectivity index (χ0) is 18.5. The van der Waals surface area contributed by atoms with E-state index < -0.39 is 0 Å². The summed E-state index contributed by atoms with van der Waals surface area (Å²) in [5.74, 6) is 12.3. The van der Waals surface area contributed by atoms with Gasteiger partial charge in [0, 0.05) is 26.2 Å². The van der Waals surface area contributed by atoms with Crippen LogP contribution in [0.4, 0.5) is 5.95 Å². The molecule has 1 fully saturated rings. The fourth-order valence-electron chi connectivity index (χ4n) is 2.95. The Hall–Kier alpha value is -2.97. The molecule has 2 aromatic rings. The van der Waals surface area contributed by atoms with E-state index in [1.807, 2.05) is 4.57 Å². The number of piperazine rings is 1. The van der Waals surface area contributed by atoms with Gasteiger partial charge in [0.25, 0.3) is 5.56 Å². The number of ether oxygens (including phenoxy) is 1. The van der Waals surface area contributed by atoms with Crippen LogP contribution in [0.1, 0.15) is 13.8 Å². The van der Waals surface area contributed by atoms with Crippen molar-refractivity contribution >= 4 is 17.1 Å². The molecular formula is C18H22N6O2. The Kier molecular flexibility index (Phi) is 5.45. The van der Waals surface area contributed by atoms with Gasteiger partial charge in [-0.2, -0.15) is 9.97 Å². The van der Waals surface area contributed by atoms with Crippen molar-refractivity contribution in [1.82, 2.24) is 24.4 Å². The highest BCUT2D eigenvalue weighted by molar-refractivity contribution is 5.75. The van der Waals surface area contributed by atoms with Crippen molar-refractivity contribution in [3.05, 3.63) is 10.4 Å². The summed E-state index contributed by atoms with van der Waals surface area (Å²) in [4.78, 5) is 24.4. The van der Waals surface area contributed by atoms with Gasteiger partial charge in [0.15, 0.2) is 11.2 Å². The predicted octanol–water partition coefficient (Wildman–Crippen LogP) is 0.0578. The van der Waals surface area contributed by atoms with E-state index in [1.54, 1.807) is 13.8 Å². The standard InChI is InChI=1S/C18H22N6O2/c1-4-6-10-23-14-15(20-17(23)22-12-8-19-9-13-22)21-18(26-3)24(16(14)25)11-7-5-2/h19H,8-13H2,1-3H3. The normalized spacial score (nSPS) is 13.7. The van der Waals surface area contributed by atoms with Gasteiger partial charge in [-0.3, -0.25) is 9.36 Å². The molecule has 0 spiro atoms. The Balaban J connectivity index is 2.24. The molecule has 26 heavy (non-hydrogen) atoms. The smallest absolute Gasteiger partial charge is 0.301 e. The van der Waals surface area contributed by atoms with Crippen molar-refractivity contribution in [3.8, 4) is 29.7 Å². The van der Waals surface area contributed by atoms with E-state index in [1.165, 1.54) is 11.7 Å². The van der Waals surface area contributed by atoms with Gasteiger partial charge < -0.3 is 15.0 Å². The minimum Gasteiger partial charge on any atom is -0.468 e. The van der Waals surface area contributed by atoms with Gasteiger partial charge in [0.2, 0.25) is 5.95 Å². The van der Waals surface area contributed by atoms with Crippen molar-refractivity contribution < 1.29 is 4.74 Å². The molecule has 1 aliphatic heterocycles. The van der Waals surface area contributed by atoms with E-state index in [4.69, 9.17) is 4.74 Å². The highest BCUT2D eigenvalue weighted by Gasteiger charge is 2.23. The third-order valence-corrected chi connectivity index (χ3v) is 4.22. The van der Waals surface area contributed by atoms with E-state index >= 15 is 0 Å². The van der Waals surface area contributed by atoms with E-state index in [0.29, 0.717) is 17.7 Å². The number of nitrogens with one attached hydrogen (secondary N) is 1. The second kappa shape index (κ2) is 7.94. The van der Waals surface area contributed by atoms with Crippen LogP contribution in [-0.4, -0.2) is 52.4 Å². The first kappa shape index (κ1) is 17.8. The first-order valence-electron chi connectivity index (χ1n) is 8.51. The topological polar surface area (TPSA) is 77.2 Å². The summed E-state index contributed by atoms with van der Waals surface area (Å²) in [5.41, 5.74) is 0.584. The molecule has 1 N–H and O–H groups in total. The molecule has 0 unspecified atom stereocenters.